The Kier molecular flexibility index (Phi) is 7.01. The highest BCUT2D eigenvalue weighted by atomic mass is 19.1. The van der Waals surface area contributed by atoms with E-state index in [4.69, 9.17) is 9.25 Å². The quantitative estimate of drug-likeness (QED) is 0.215. The highest BCUT2D eigenvalue weighted by molar-refractivity contribution is 6.41. The number of amides is 1. The van der Waals surface area contributed by atoms with Crippen molar-refractivity contribution in [3.05, 3.63) is 83.2 Å². The molecule has 1 aliphatic rings. The van der Waals surface area contributed by atoms with Crippen LogP contribution >= 0.6 is 0 Å². The molecule has 0 saturated heterocycles. The summed E-state index contributed by atoms with van der Waals surface area (Å²) in [6.07, 6.45) is 2.80. The van der Waals surface area contributed by atoms with E-state index in [0.29, 0.717) is 40.2 Å². The van der Waals surface area contributed by atoms with Gasteiger partial charge in [-0.15, -0.1) is 0 Å². The van der Waals surface area contributed by atoms with Crippen molar-refractivity contribution in [2.45, 2.75) is 31.5 Å². The minimum Gasteiger partial charge on any atom is -0.455 e. The van der Waals surface area contributed by atoms with Crippen molar-refractivity contribution in [3.8, 4) is 11.3 Å². The van der Waals surface area contributed by atoms with Gasteiger partial charge in [0.1, 0.15) is 17.2 Å². The molecule has 37 heavy (non-hydrogen) atoms. The van der Waals surface area contributed by atoms with Gasteiger partial charge in [-0.1, -0.05) is 12.1 Å². The molecule has 3 N–H and O–H groups in total. The molecule has 9 heteroatoms. The molecule has 1 heterocycles. The SMILES string of the molecule is CNC(=O)c1c(-c2ccc(F)cc2)oc2cc(N(OC)c3cccc(CCB(O)O)c3)c(C3CC3)cc12. The number of hydrogen-bond donors (Lipinski definition) is 3. The zero-order chi connectivity index (χ0) is 26.1. The van der Waals surface area contributed by atoms with E-state index in [9.17, 15) is 19.2 Å². The fourth-order valence-electron chi connectivity index (χ4n) is 4.68. The lowest BCUT2D eigenvalue weighted by molar-refractivity contribution is 0.0964. The molecule has 0 bridgehead atoms. The number of rotatable bonds is 9. The number of carbonyl (C=O) groups excluding carboxylic acids is 1. The summed E-state index contributed by atoms with van der Waals surface area (Å²) in [5, 5.41) is 23.6. The van der Waals surface area contributed by atoms with Gasteiger partial charge in [0.05, 0.1) is 24.0 Å². The topological polar surface area (TPSA) is 95.2 Å². The molecule has 0 atom stereocenters. The van der Waals surface area contributed by atoms with E-state index in [1.54, 1.807) is 31.4 Å². The van der Waals surface area contributed by atoms with Crippen LogP contribution in [0.3, 0.4) is 0 Å². The smallest absolute Gasteiger partial charge is 0.451 e. The third-order valence-corrected chi connectivity index (χ3v) is 6.65. The first-order valence-corrected chi connectivity index (χ1v) is 12.3. The second kappa shape index (κ2) is 10.4. The van der Waals surface area contributed by atoms with Crippen LogP contribution in [0.15, 0.2) is 65.1 Å². The average molecular weight is 502 g/mol. The molecule has 1 aliphatic carbocycles. The lowest BCUT2D eigenvalue weighted by atomic mass is 9.83. The number of aryl methyl sites for hydroxylation is 1. The first-order valence-electron chi connectivity index (χ1n) is 12.3. The molecule has 3 aromatic carbocycles. The number of halogens is 1. The van der Waals surface area contributed by atoms with Crippen LogP contribution in [0.25, 0.3) is 22.3 Å². The van der Waals surface area contributed by atoms with Crippen molar-refractivity contribution >= 4 is 35.4 Å². The van der Waals surface area contributed by atoms with Gasteiger partial charge in [-0.2, -0.15) is 0 Å². The van der Waals surface area contributed by atoms with Gasteiger partial charge >= 0.3 is 7.12 Å². The number of fused-ring (bicyclic) bond motifs is 1. The number of nitrogens with zero attached hydrogens (tertiary/aromatic N) is 1. The Morgan fingerprint density at radius 3 is 2.57 bits per heavy atom. The number of nitrogens with one attached hydrogen (secondary N) is 1. The van der Waals surface area contributed by atoms with Crippen molar-refractivity contribution < 1.29 is 28.5 Å². The molecule has 1 fully saturated rings. The van der Waals surface area contributed by atoms with Crippen LogP contribution in [0.2, 0.25) is 6.32 Å². The Hall–Kier alpha value is -3.66. The monoisotopic (exact) mass is 502 g/mol. The third-order valence-electron chi connectivity index (χ3n) is 6.65. The lowest BCUT2D eigenvalue weighted by Crippen LogP contribution is -2.19. The molecule has 4 aromatic rings. The van der Waals surface area contributed by atoms with Crippen LogP contribution in [-0.2, 0) is 11.3 Å². The minimum atomic E-state index is -1.37. The summed E-state index contributed by atoms with van der Waals surface area (Å²) in [7, 11) is 1.80. The molecule has 0 radical (unpaired) electrons. The van der Waals surface area contributed by atoms with E-state index in [2.05, 4.69) is 5.32 Å². The van der Waals surface area contributed by atoms with Crippen LogP contribution < -0.4 is 10.4 Å². The fraction of sp³-hybridized carbons (Fsp3) is 0.250. The van der Waals surface area contributed by atoms with Crippen molar-refractivity contribution in [2.75, 3.05) is 19.2 Å². The summed E-state index contributed by atoms with van der Waals surface area (Å²) in [5.41, 5.74) is 5.10. The number of furan rings is 1. The second-order valence-electron chi connectivity index (χ2n) is 9.24. The van der Waals surface area contributed by atoms with Gasteiger partial charge < -0.3 is 19.8 Å². The second-order valence-corrected chi connectivity index (χ2v) is 9.24. The van der Waals surface area contributed by atoms with Gasteiger partial charge in [0.25, 0.3) is 5.91 Å². The molecule has 0 unspecified atom stereocenters. The van der Waals surface area contributed by atoms with Crippen LogP contribution in [-0.4, -0.2) is 37.2 Å². The Labute approximate surface area is 214 Å². The van der Waals surface area contributed by atoms with Crippen molar-refractivity contribution in [1.29, 1.82) is 0 Å². The summed E-state index contributed by atoms with van der Waals surface area (Å²) in [5.74, 6) is 0.0503. The summed E-state index contributed by atoms with van der Waals surface area (Å²) in [4.78, 5) is 18.8. The molecule has 7 nitrogen and oxygen atoms in total. The molecular formula is C28H28BFN2O5. The fourth-order valence-corrected chi connectivity index (χ4v) is 4.68. The zero-order valence-corrected chi connectivity index (χ0v) is 20.7. The van der Waals surface area contributed by atoms with Gasteiger partial charge in [-0.3, -0.25) is 9.63 Å². The highest BCUT2D eigenvalue weighted by Gasteiger charge is 2.32. The summed E-state index contributed by atoms with van der Waals surface area (Å²) >= 11 is 0. The molecule has 1 amide bonds. The van der Waals surface area contributed by atoms with E-state index >= 15 is 0 Å². The van der Waals surface area contributed by atoms with Crippen molar-refractivity contribution in [3.63, 3.8) is 0 Å². The van der Waals surface area contributed by atoms with Crippen molar-refractivity contribution in [1.82, 2.24) is 5.32 Å². The van der Waals surface area contributed by atoms with Gasteiger partial charge in [0.15, 0.2) is 0 Å². The van der Waals surface area contributed by atoms with E-state index < -0.39 is 7.12 Å². The van der Waals surface area contributed by atoms with Gasteiger partial charge in [0.2, 0.25) is 0 Å². The maximum Gasteiger partial charge on any atom is 0.451 e. The van der Waals surface area contributed by atoms with Gasteiger partial charge in [0, 0.05) is 24.1 Å². The van der Waals surface area contributed by atoms with Gasteiger partial charge in [-0.25, -0.2) is 9.45 Å². The summed E-state index contributed by atoms with van der Waals surface area (Å²) in [6, 6.07) is 17.5. The predicted molar refractivity (Wildman–Crippen MR) is 141 cm³/mol. The third kappa shape index (κ3) is 5.11. The number of anilines is 2. The zero-order valence-electron chi connectivity index (χ0n) is 20.7. The Morgan fingerprint density at radius 2 is 1.92 bits per heavy atom. The normalized spacial score (nSPS) is 13.1. The van der Waals surface area contributed by atoms with E-state index in [-0.39, 0.29) is 18.0 Å². The largest absolute Gasteiger partial charge is 0.455 e. The van der Waals surface area contributed by atoms with E-state index in [0.717, 1.165) is 35.3 Å². The van der Waals surface area contributed by atoms with Gasteiger partial charge in [-0.05, 0) is 85.1 Å². The first-order chi connectivity index (χ1) is 17.9. The van der Waals surface area contributed by atoms with Crippen LogP contribution in [0.1, 0.15) is 40.2 Å². The number of carbonyl (C=O) groups is 1. The van der Waals surface area contributed by atoms with Crippen molar-refractivity contribution in [2.24, 2.45) is 0 Å². The van der Waals surface area contributed by atoms with Crippen LogP contribution in [0, 0.1) is 5.82 Å². The Morgan fingerprint density at radius 1 is 1.16 bits per heavy atom. The predicted octanol–water partition coefficient (Wildman–Crippen LogP) is 5.19. The summed E-state index contributed by atoms with van der Waals surface area (Å²) < 4.78 is 19.8. The summed E-state index contributed by atoms with van der Waals surface area (Å²) in [6.45, 7) is 0. The lowest BCUT2D eigenvalue weighted by Gasteiger charge is -2.25. The highest BCUT2D eigenvalue weighted by Crippen LogP contribution is 2.48. The molecule has 1 saturated carbocycles. The maximum absolute atomic E-state index is 13.6. The molecule has 0 aliphatic heterocycles. The molecule has 5 rings (SSSR count). The van der Waals surface area contributed by atoms with Crippen LogP contribution in [0.5, 0.6) is 0 Å². The molecule has 1 aromatic heterocycles. The van der Waals surface area contributed by atoms with E-state index in [1.807, 2.05) is 36.4 Å². The standard InChI is InChI=1S/C28H28BFN2O5/c1-31-28(33)26-23-15-22(18-6-7-18)24(16-25(23)37-27(26)19-8-10-20(30)11-9-19)32(36-2)21-5-3-4-17(14-21)12-13-29(34)35/h3-5,8-11,14-16,18,34-35H,6-7,12-13H2,1-2H3,(H,31,33). The Bertz CT molecular complexity index is 1430. The van der Waals surface area contributed by atoms with E-state index in [1.165, 1.54) is 12.1 Å². The molecule has 0 spiro atoms. The molecular weight excluding hydrogens is 474 g/mol. The molecule has 190 valence electrons. The minimum absolute atomic E-state index is 0.233. The number of hydrogen-bond acceptors (Lipinski definition) is 6. The van der Waals surface area contributed by atoms with Crippen LogP contribution in [0.4, 0.5) is 15.8 Å². The number of benzene rings is 3. The average Bonchev–Trinajstić information content (AvgIpc) is 3.68. The first kappa shape index (κ1) is 25.0. The maximum atomic E-state index is 13.6. The Balaban J connectivity index is 1.65.